The molecule has 3 rings (SSSR count). The van der Waals surface area contributed by atoms with E-state index in [0.717, 1.165) is 12.1 Å². The minimum atomic E-state index is -0.524. The van der Waals surface area contributed by atoms with Crippen LogP contribution < -0.4 is 0 Å². The molecule has 1 fully saturated rings. The Kier molecular flexibility index (Phi) is 4.41. The summed E-state index contributed by atoms with van der Waals surface area (Å²) >= 11 is 7.96. The lowest BCUT2D eigenvalue weighted by atomic mass is 10.1. The molecule has 1 N–H and O–H groups in total. The number of aliphatic hydroxyl groups excluding tert-OH is 1. The fourth-order valence-electron chi connectivity index (χ4n) is 2.91. The first-order chi connectivity index (χ1) is 9.75. The van der Waals surface area contributed by atoms with E-state index in [1.807, 2.05) is 24.3 Å². The van der Waals surface area contributed by atoms with Gasteiger partial charge in [0.15, 0.2) is 0 Å². The summed E-state index contributed by atoms with van der Waals surface area (Å²) in [5, 5.41) is 13.2. The molecule has 20 heavy (non-hydrogen) atoms. The highest BCUT2D eigenvalue weighted by molar-refractivity contribution is 7.10. The number of thiophene rings is 1. The number of hydrogen-bond donors (Lipinski definition) is 1. The van der Waals surface area contributed by atoms with Gasteiger partial charge >= 0.3 is 0 Å². The number of rotatable bonds is 4. The van der Waals surface area contributed by atoms with E-state index in [0.29, 0.717) is 17.6 Å². The number of aliphatic hydroxyl groups is 1. The molecule has 1 aliphatic rings. The number of halogens is 1. The zero-order valence-corrected chi connectivity index (χ0v) is 12.8. The Bertz CT molecular complexity index is 557. The van der Waals surface area contributed by atoms with E-state index in [1.54, 1.807) is 11.3 Å². The molecule has 0 saturated carbocycles. The molecule has 2 aromatic rings. The number of nitrogens with zero attached hydrogens (tertiary/aromatic N) is 1. The van der Waals surface area contributed by atoms with Gasteiger partial charge in [-0.1, -0.05) is 35.9 Å². The van der Waals surface area contributed by atoms with Crippen LogP contribution in [-0.2, 0) is 0 Å². The van der Waals surface area contributed by atoms with Crippen molar-refractivity contribution in [3.8, 4) is 0 Å². The van der Waals surface area contributed by atoms with Crippen molar-refractivity contribution in [2.45, 2.75) is 25.0 Å². The molecule has 106 valence electrons. The molecule has 0 amide bonds. The lowest BCUT2D eigenvalue weighted by Gasteiger charge is -2.26. The second-order valence-corrected chi connectivity index (χ2v) is 6.59. The second-order valence-electron chi connectivity index (χ2n) is 5.21. The highest BCUT2D eigenvalue weighted by Gasteiger charge is 2.28. The zero-order chi connectivity index (χ0) is 13.9. The van der Waals surface area contributed by atoms with E-state index in [2.05, 4.69) is 22.4 Å². The van der Waals surface area contributed by atoms with Crippen molar-refractivity contribution < 1.29 is 5.11 Å². The SMILES string of the molecule is O[C@H](CN1CCC[C@H]1c1cccs1)c1ccccc1Cl. The topological polar surface area (TPSA) is 23.5 Å². The van der Waals surface area contributed by atoms with E-state index >= 15 is 0 Å². The standard InChI is InChI=1S/C16H18ClNOS/c17-13-6-2-1-5-12(13)15(19)11-18-9-3-7-14(18)16-8-4-10-20-16/h1-2,4-6,8,10,14-15,19H,3,7,9,11H2/t14-,15+/m0/s1. The van der Waals surface area contributed by atoms with Crippen LogP contribution in [0.5, 0.6) is 0 Å². The Hall–Kier alpha value is -0.870. The third-order valence-electron chi connectivity index (χ3n) is 3.91. The summed E-state index contributed by atoms with van der Waals surface area (Å²) < 4.78 is 0. The molecule has 4 heteroatoms. The average molecular weight is 308 g/mol. The summed E-state index contributed by atoms with van der Waals surface area (Å²) in [6, 6.07) is 12.3. The molecule has 1 aromatic carbocycles. The molecule has 1 saturated heterocycles. The van der Waals surface area contributed by atoms with E-state index < -0.39 is 6.10 Å². The van der Waals surface area contributed by atoms with Gasteiger partial charge < -0.3 is 5.11 Å². The molecule has 0 unspecified atom stereocenters. The minimum Gasteiger partial charge on any atom is -0.387 e. The van der Waals surface area contributed by atoms with Crippen LogP contribution in [0.4, 0.5) is 0 Å². The fourth-order valence-corrected chi connectivity index (χ4v) is 4.07. The van der Waals surface area contributed by atoms with Crippen molar-refractivity contribution in [1.29, 1.82) is 0 Å². The third-order valence-corrected chi connectivity index (χ3v) is 5.22. The largest absolute Gasteiger partial charge is 0.387 e. The van der Waals surface area contributed by atoms with E-state index in [-0.39, 0.29) is 0 Å². The monoisotopic (exact) mass is 307 g/mol. The van der Waals surface area contributed by atoms with Gasteiger partial charge in [0.1, 0.15) is 0 Å². The molecular weight excluding hydrogens is 290 g/mol. The lowest BCUT2D eigenvalue weighted by Crippen LogP contribution is -2.28. The van der Waals surface area contributed by atoms with Crippen LogP contribution in [-0.4, -0.2) is 23.1 Å². The van der Waals surface area contributed by atoms with Crippen molar-refractivity contribution in [1.82, 2.24) is 4.90 Å². The van der Waals surface area contributed by atoms with E-state index in [9.17, 15) is 5.11 Å². The Morgan fingerprint density at radius 2 is 2.15 bits per heavy atom. The first-order valence-corrected chi connectivity index (χ1v) is 8.21. The third kappa shape index (κ3) is 2.91. The minimum absolute atomic E-state index is 0.451. The molecule has 2 nitrogen and oxygen atoms in total. The van der Waals surface area contributed by atoms with Gasteiger partial charge in [-0.2, -0.15) is 0 Å². The highest BCUT2D eigenvalue weighted by atomic mass is 35.5. The van der Waals surface area contributed by atoms with Crippen molar-refractivity contribution in [2.24, 2.45) is 0 Å². The van der Waals surface area contributed by atoms with Crippen LogP contribution in [0, 0.1) is 0 Å². The summed E-state index contributed by atoms with van der Waals surface area (Å²) in [6.07, 6.45) is 1.84. The number of benzene rings is 1. The van der Waals surface area contributed by atoms with Crippen molar-refractivity contribution >= 4 is 22.9 Å². The van der Waals surface area contributed by atoms with Gasteiger partial charge in [0.05, 0.1) is 6.10 Å². The molecule has 0 bridgehead atoms. The molecule has 1 aliphatic heterocycles. The highest BCUT2D eigenvalue weighted by Crippen LogP contribution is 2.36. The number of β-amino-alcohol motifs (C(OH)–C–C–N with tert-alkyl or cyclic N) is 1. The van der Waals surface area contributed by atoms with Crippen LogP contribution in [0.1, 0.15) is 35.4 Å². The first kappa shape index (κ1) is 14.1. The van der Waals surface area contributed by atoms with Gasteiger partial charge in [-0.05, 0) is 36.9 Å². The Labute approximate surface area is 128 Å². The summed E-state index contributed by atoms with van der Waals surface area (Å²) in [7, 11) is 0. The van der Waals surface area contributed by atoms with Gasteiger partial charge in [0, 0.05) is 28.0 Å². The quantitative estimate of drug-likeness (QED) is 0.911. The van der Waals surface area contributed by atoms with E-state index in [1.165, 1.54) is 17.7 Å². The Morgan fingerprint density at radius 1 is 1.30 bits per heavy atom. The van der Waals surface area contributed by atoms with Crippen LogP contribution in [0.3, 0.4) is 0 Å². The fraction of sp³-hybridized carbons (Fsp3) is 0.375. The predicted molar refractivity (Wildman–Crippen MR) is 84.3 cm³/mol. The molecule has 0 aliphatic carbocycles. The maximum atomic E-state index is 10.5. The number of hydrogen-bond acceptors (Lipinski definition) is 3. The molecule has 2 heterocycles. The van der Waals surface area contributed by atoms with Crippen molar-refractivity contribution in [2.75, 3.05) is 13.1 Å². The van der Waals surface area contributed by atoms with Crippen LogP contribution in [0.2, 0.25) is 5.02 Å². The average Bonchev–Trinajstić information content (AvgIpc) is 3.09. The molecular formula is C16H18ClNOS. The maximum absolute atomic E-state index is 10.5. The van der Waals surface area contributed by atoms with Crippen LogP contribution >= 0.6 is 22.9 Å². The van der Waals surface area contributed by atoms with Crippen molar-refractivity contribution in [3.05, 3.63) is 57.2 Å². The lowest BCUT2D eigenvalue weighted by molar-refractivity contribution is 0.107. The summed E-state index contributed by atoms with van der Waals surface area (Å²) in [5.74, 6) is 0. The molecule has 0 radical (unpaired) electrons. The molecule has 0 spiro atoms. The predicted octanol–water partition coefficient (Wildman–Crippen LogP) is 4.27. The Balaban J connectivity index is 1.72. The second kappa shape index (κ2) is 6.27. The number of likely N-dealkylation sites (tertiary alicyclic amines) is 1. The van der Waals surface area contributed by atoms with Gasteiger partial charge in [0.2, 0.25) is 0 Å². The first-order valence-electron chi connectivity index (χ1n) is 6.95. The smallest absolute Gasteiger partial charge is 0.0931 e. The van der Waals surface area contributed by atoms with Gasteiger partial charge in [-0.25, -0.2) is 0 Å². The van der Waals surface area contributed by atoms with Gasteiger partial charge in [0.25, 0.3) is 0 Å². The summed E-state index contributed by atoms with van der Waals surface area (Å²) in [4.78, 5) is 3.77. The van der Waals surface area contributed by atoms with Gasteiger partial charge in [-0.3, -0.25) is 4.90 Å². The van der Waals surface area contributed by atoms with Crippen LogP contribution in [0.25, 0.3) is 0 Å². The normalized spacial score (nSPS) is 21.2. The summed E-state index contributed by atoms with van der Waals surface area (Å²) in [5.41, 5.74) is 0.825. The summed E-state index contributed by atoms with van der Waals surface area (Å²) in [6.45, 7) is 1.69. The molecule has 2 atom stereocenters. The van der Waals surface area contributed by atoms with Crippen molar-refractivity contribution in [3.63, 3.8) is 0 Å². The molecule has 1 aromatic heterocycles. The Morgan fingerprint density at radius 3 is 2.90 bits per heavy atom. The zero-order valence-electron chi connectivity index (χ0n) is 11.2. The van der Waals surface area contributed by atoms with E-state index in [4.69, 9.17) is 11.6 Å². The maximum Gasteiger partial charge on any atom is 0.0931 e. The van der Waals surface area contributed by atoms with Gasteiger partial charge in [-0.15, -0.1) is 11.3 Å². The van der Waals surface area contributed by atoms with Crippen LogP contribution in [0.15, 0.2) is 41.8 Å².